The zero-order valence-electron chi connectivity index (χ0n) is 17.7. The average molecular weight is 438 g/mol. The van der Waals surface area contributed by atoms with Crippen molar-refractivity contribution in [2.45, 2.75) is 37.8 Å². The predicted octanol–water partition coefficient (Wildman–Crippen LogP) is 2.21. The van der Waals surface area contributed by atoms with Crippen LogP contribution >= 0.6 is 0 Å². The molecule has 2 aliphatic heterocycles. The third-order valence-corrected chi connectivity index (χ3v) is 6.55. The van der Waals surface area contributed by atoms with E-state index < -0.39 is 41.2 Å². The Labute approximate surface area is 185 Å². The van der Waals surface area contributed by atoms with Gasteiger partial charge in [-0.05, 0) is 30.2 Å². The maximum Gasteiger partial charge on any atom is 0.325 e. The van der Waals surface area contributed by atoms with Crippen LogP contribution in [0.25, 0.3) is 0 Å². The number of phenols is 2. The van der Waals surface area contributed by atoms with Gasteiger partial charge in [0.05, 0.1) is 11.8 Å². The lowest BCUT2D eigenvalue weighted by Gasteiger charge is -2.31. The molecular formula is C24H26N2O6. The number of imide groups is 1. The van der Waals surface area contributed by atoms with Crippen LogP contribution in [-0.2, 0) is 20.8 Å². The van der Waals surface area contributed by atoms with Gasteiger partial charge in [0.2, 0.25) is 11.8 Å². The van der Waals surface area contributed by atoms with E-state index in [4.69, 9.17) is 0 Å². The van der Waals surface area contributed by atoms with Crippen LogP contribution in [0.15, 0.2) is 48.5 Å². The number of unbranched alkanes of at least 4 members (excludes halogenated alkanes) is 1. The van der Waals surface area contributed by atoms with Crippen LogP contribution in [0.3, 0.4) is 0 Å². The zero-order valence-corrected chi connectivity index (χ0v) is 17.7. The van der Waals surface area contributed by atoms with Crippen LogP contribution in [0.2, 0.25) is 0 Å². The quantitative estimate of drug-likeness (QED) is 0.488. The first-order valence-corrected chi connectivity index (χ1v) is 10.7. The first kappa shape index (κ1) is 21.8. The van der Waals surface area contributed by atoms with E-state index >= 15 is 0 Å². The first-order valence-electron chi connectivity index (χ1n) is 10.7. The molecule has 2 aliphatic rings. The fraction of sp³-hybridized carbons (Fsp3) is 0.375. The number of amides is 2. The van der Waals surface area contributed by atoms with Crippen LogP contribution in [-0.4, -0.2) is 50.1 Å². The number of benzene rings is 2. The zero-order chi connectivity index (χ0) is 23.0. The molecule has 2 aromatic carbocycles. The molecule has 2 aromatic rings. The van der Waals surface area contributed by atoms with Gasteiger partial charge in [-0.25, -0.2) is 0 Å². The Balaban J connectivity index is 1.83. The lowest BCUT2D eigenvalue weighted by atomic mass is 9.76. The fourth-order valence-electron chi connectivity index (χ4n) is 4.99. The number of carbonyl (C=O) groups is 3. The van der Waals surface area contributed by atoms with Gasteiger partial charge in [-0.1, -0.05) is 43.7 Å². The number of carboxylic acids is 1. The van der Waals surface area contributed by atoms with Crippen molar-refractivity contribution in [3.05, 3.63) is 59.7 Å². The molecule has 4 rings (SSSR count). The molecule has 0 saturated carbocycles. The van der Waals surface area contributed by atoms with Gasteiger partial charge in [-0.15, -0.1) is 0 Å². The number of phenolic OH excluding ortho intramolecular Hbond substituents is 2. The monoisotopic (exact) mass is 438 g/mol. The Bertz CT molecular complexity index is 1050. The average Bonchev–Trinajstić information content (AvgIpc) is 3.23. The lowest BCUT2D eigenvalue weighted by molar-refractivity contribution is -0.151. The number of hydrogen-bond acceptors (Lipinski definition) is 6. The number of nitrogens with one attached hydrogen (secondary N) is 1. The highest BCUT2D eigenvalue weighted by molar-refractivity contribution is 6.09. The van der Waals surface area contributed by atoms with E-state index in [9.17, 15) is 29.7 Å². The largest absolute Gasteiger partial charge is 0.508 e. The molecular weight excluding hydrogens is 412 g/mol. The smallest absolute Gasteiger partial charge is 0.325 e. The van der Waals surface area contributed by atoms with Crippen LogP contribution in [0.5, 0.6) is 11.5 Å². The second-order valence-corrected chi connectivity index (χ2v) is 8.49. The number of nitrogens with zero attached hydrogens (tertiary/aromatic N) is 1. The molecule has 0 spiro atoms. The normalized spacial score (nSPS) is 27.0. The van der Waals surface area contributed by atoms with Gasteiger partial charge in [-0.3, -0.25) is 24.6 Å². The molecule has 2 amide bonds. The molecule has 2 saturated heterocycles. The van der Waals surface area contributed by atoms with E-state index in [1.165, 1.54) is 23.1 Å². The summed E-state index contributed by atoms with van der Waals surface area (Å²) in [5.74, 6) is -4.24. The molecule has 0 aromatic heterocycles. The minimum atomic E-state index is -1.75. The third-order valence-electron chi connectivity index (χ3n) is 6.55. The number of aliphatic carboxylic acids is 1. The predicted molar refractivity (Wildman–Crippen MR) is 115 cm³/mol. The Morgan fingerprint density at radius 3 is 2.38 bits per heavy atom. The van der Waals surface area contributed by atoms with Crippen molar-refractivity contribution < 1.29 is 29.7 Å². The summed E-state index contributed by atoms with van der Waals surface area (Å²) in [7, 11) is 0. The van der Waals surface area contributed by atoms with Crippen molar-refractivity contribution in [1.82, 2.24) is 10.2 Å². The summed E-state index contributed by atoms with van der Waals surface area (Å²) in [6, 6.07) is 11.7. The summed E-state index contributed by atoms with van der Waals surface area (Å²) >= 11 is 0. The minimum absolute atomic E-state index is 0.0420. The van der Waals surface area contributed by atoms with E-state index in [1.807, 2.05) is 6.92 Å². The molecule has 168 valence electrons. The van der Waals surface area contributed by atoms with E-state index in [-0.39, 0.29) is 24.5 Å². The summed E-state index contributed by atoms with van der Waals surface area (Å²) in [6.45, 7) is 2.19. The molecule has 2 fully saturated rings. The summed E-state index contributed by atoms with van der Waals surface area (Å²) < 4.78 is 0. The molecule has 2 heterocycles. The van der Waals surface area contributed by atoms with Crippen molar-refractivity contribution in [3.63, 3.8) is 0 Å². The van der Waals surface area contributed by atoms with Crippen LogP contribution in [0.1, 0.15) is 36.9 Å². The number of rotatable bonds is 7. The van der Waals surface area contributed by atoms with E-state index in [2.05, 4.69) is 5.32 Å². The molecule has 0 radical (unpaired) electrons. The van der Waals surface area contributed by atoms with Crippen molar-refractivity contribution in [1.29, 1.82) is 0 Å². The van der Waals surface area contributed by atoms with Crippen molar-refractivity contribution in [2.75, 3.05) is 6.54 Å². The van der Waals surface area contributed by atoms with Crippen LogP contribution < -0.4 is 5.32 Å². The van der Waals surface area contributed by atoms with Crippen molar-refractivity contribution in [3.8, 4) is 11.5 Å². The summed E-state index contributed by atoms with van der Waals surface area (Å²) in [5, 5.41) is 33.5. The second kappa shape index (κ2) is 8.27. The van der Waals surface area contributed by atoms with Gasteiger partial charge in [0.15, 0.2) is 0 Å². The van der Waals surface area contributed by atoms with Crippen molar-refractivity contribution >= 4 is 17.8 Å². The number of hydrogen-bond donors (Lipinski definition) is 4. The van der Waals surface area contributed by atoms with Gasteiger partial charge in [0, 0.05) is 24.6 Å². The molecule has 0 aliphatic carbocycles. The molecule has 0 bridgehead atoms. The molecule has 8 nitrogen and oxygen atoms in total. The highest BCUT2D eigenvalue weighted by Gasteiger charge is 2.68. The number of aromatic hydroxyl groups is 2. The van der Waals surface area contributed by atoms with Gasteiger partial charge in [-0.2, -0.15) is 0 Å². The Morgan fingerprint density at radius 1 is 1.06 bits per heavy atom. The minimum Gasteiger partial charge on any atom is -0.508 e. The summed E-state index contributed by atoms with van der Waals surface area (Å²) in [5.41, 5.74) is -0.765. The highest BCUT2D eigenvalue weighted by Crippen LogP contribution is 2.51. The summed E-state index contributed by atoms with van der Waals surface area (Å²) in [4.78, 5) is 40.7. The first-order chi connectivity index (χ1) is 15.3. The Morgan fingerprint density at radius 2 is 1.75 bits per heavy atom. The highest BCUT2D eigenvalue weighted by atomic mass is 16.4. The SMILES string of the molecule is CCCCN1C(=O)C2C(c3ccccc3O)NC(Cc3ccc(O)cc3)(C(=O)O)C2C1=O. The molecule has 32 heavy (non-hydrogen) atoms. The third kappa shape index (κ3) is 3.40. The topological polar surface area (TPSA) is 127 Å². The lowest BCUT2D eigenvalue weighted by Crippen LogP contribution is -2.57. The fourth-order valence-corrected chi connectivity index (χ4v) is 4.99. The number of likely N-dealkylation sites (tertiary alicyclic amines) is 1. The van der Waals surface area contributed by atoms with Crippen LogP contribution in [0.4, 0.5) is 0 Å². The molecule has 4 N–H and O–H groups in total. The van der Waals surface area contributed by atoms with Gasteiger partial charge >= 0.3 is 5.97 Å². The number of para-hydroxylation sites is 1. The van der Waals surface area contributed by atoms with Gasteiger partial charge < -0.3 is 15.3 Å². The van der Waals surface area contributed by atoms with Crippen molar-refractivity contribution in [2.24, 2.45) is 11.8 Å². The Hall–Kier alpha value is -3.39. The maximum absolute atomic E-state index is 13.4. The van der Waals surface area contributed by atoms with Gasteiger partial charge in [0.25, 0.3) is 0 Å². The Kier molecular flexibility index (Phi) is 5.64. The van der Waals surface area contributed by atoms with E-state index in [0.29, 0.717) is 17.5 Å². The standard InChI is InChI=1S/C24H26N2O6/c1-2-3-12-26-21(29)18-19(22(26)30)24(23(31)32,13-14-8-10-15(27)11-9-14)25-20(18)16-6-4-5-7-17(16)28/h4-11,18-20,25,27-28H,2-3,12-13H2,1H3,(H,31,32). The van der Waals surface area contributed by atoms with Crippen LogP contribution in [0, 0.1) is 11.8 Å². The number of carbonyl (C=O) groups excluding carboxylic acids is 2. The van der Waals surface area contributed by atoms with E-state index in [1.54, 1.807) is 30.3 Å². The number of carboxylic acid groups (broad SMARTS) is 1. The second-order valence-electron chi connectivity index (χ2n) is 8.49. The van der Waals surface area contributed by atoms with Gasteiger partial charge in [0.1, 0.15) is 17.0 Å². The summed E-state index contributed by atoms with van der Waals surface area (Å²) in [6.07, 6.45) is 1.35. The molecule has 8 heteroatoms. The molecule has 4 atom stereocenters. The maximum atomic E-state index is 13.4. The van der Waals surface area contributed by atoms with E-state index in [0.717, 1.165) is 6.42 Å². The molecule has 4 unspecified atom stereocenters. The number of fused-ring (bicyclic) bond motifs is 1.